The summed E-state index contributed by atoms with van der Waals surface area (Å²) < 4.78 is 5.00. The number of amides is 1. The van der Waals surface area contributed by atoms with Crippen LogP contribution in [0.15, 0.2) is 52.4 Å². The minimum atomic E-state index is -0.201. The molecule has 118 valence electrons. The molecule has 0 bridgehead atoms. The van der Waals surface area contributed by atoms with Crippen LogP contribution in [0.4, 0.5) is 0 Å². The molecule has 2 heterocycles. The topological polar surface area (TPSA) is 55.1 Å². The van der Waals surface area contributed by atoms with E-state index >= 15 is 0 Å². The molecule has 0 spiro atoms. The van der Waals surface area contributed by atoms with Gasteiger partial charge < -0.3 is 9.84 Å². The summed E-state index contributed by atoms with van der Waals surface area (Å²) in [5.74, 6) is 0.590. The van der Waals surface area contributed by atoms with Crippen LogP contribution < -0.4 is 5.32 Å². The average molecular weight is 347 g/mol. The Morgan fingerprint density at radius 3 is 2.74 bits per heavy atom. The average Bonchev–Trinajstić information content (AvgIpc) is 3.18. The quantitative estimate of drug-likeness (QED) is 0.755. The standard InChI is InChI=1S/C17H15ClN2O2S/c1-11-9-14(20-22-11)10-16(21)19-17(15-3-2-8-23-15)12-4-6-13(18)7-5-12/h2-9,17H,10H2,1H3,(H,19,21)/t17-/m1/s1. The normalized spacial score (nSPS) is 12.1. The van der Waals surface area contributed by atoms with Crippen molar-refractivity contribution in [1.29, 1.82) is 0 Å². The number of halogens is 1. The molecule has 3 aromatic rings. The Labute approximate surface area is 143 Å². The number of rotatable bonds is 5. The third-order valence-corrected chi connectivity index (χ3v) is 4.54. The Morgan fingerprint density at radius 2 is 2.13 bits per heavy atom. The Hall–Kier alpha value is -2.11. The fourth-order valence-corrected chi connectivity index (χ4v) is 3.24. The van der Waals surface area contributed by atoms with Gasteiger partial charge >= 0.3 is 0 Å². The van der Waals surface area contributed by atoms with Crippen molar-refractivity contribution in [3.63, 3.8) is 0 Å². The van der Waals surface area contributed by atoms with E-state index in [0.717, 1.165) is 10.4 Å². The zero-order chi connectivity index (χ0) is 16.2. The summed E-state index contributed by atoms with van der Waals surface area (Å²) in [6.45, 7) is 1.80. The van der Waals surface area contributed by atoms with Crippen LogP contribution in [0.2, 0.25) is 5.02 Å². The maximum Gasteiger partial charge on any atom is 0.226 e. The van der Waals surface area contributed by atoms with Gasteiger partial charge in [0.1, 0.15) is 5.76 Å². The molecule has 1 N–H and O–H groups in total. The highest BCUT2D eigenvalue weighted by Crippen LogP contribution is 2.27. The van der Waals surface area contributed by atoms with E-state index in [4.69, 9.17) is 16.1 Å². The van der Waals surface area contributed by atoms with Crippen LogP contribution in [0, 0.1) is 6.92 Å². The smallest absolute Gasteiger partial charge is 0.226 e. The third-order valence-electron chi connectivity index (χ3n) is 3.35. The van der Waals surface area contributed by atoms with E-state index < -0.39 is 0 Å². The summed E-state index contributed by atoms with van der Waals surface area (Å²) in [4.78, 5) is 13.4. The minimum Gasteiger partial charge on any atom is -0.361 e. The molecule has 0 fully saturated rings. The number of aryl methyl sites for hydroxylation is 1. The molecule has 0 saturated carbocycles. The first-order valence-electron chi connectivity index (χ1n) is 7.12. The van der Waals surface area contributed by atoms with Crippen molar-refractivity contribution in [2.45, 2.75) is 19.4 Å². The zero-order valence-electron chi connectivity index (χ0n) is 12.5. The Bertz CT molecular complexity index is 781. The van der Waals surface area contributed by atoms with E-state index in [1.165, 1.54) is 0 Å². The molecular weight excluding hydrogens is 332 g/mol. The van der Waals surface area contributed by atoms with E-state index in [9.17, 15) is 4.79 Å². The van der Waals surface area contributed by atoms with E-state index in [0.29, 0.717) is 16.5 Å². The van der Waals surface area contributed by atoms with Crippen molar-refractivity contribution in [2.24, 2.45) is 0 Å². The van der Waals surface area contributed by atoms with E-state index in [2.05, 4.69) is 10.5 Å². The van der Waals surface area contributed by atoms with Crippen LogP contribution >= 0.6 is 22.9 Å². The number of benzene rings is 1. The lowest BCUT2D eigenvalue weighted by Gasteiger charge is -2.18. The van der Waals surface area contributed by atoms with Gasteiger partial charge in [-0.15, -0.1) is 11.3 Å². The second-order valence-corrected chi connectivity index (χ2v) is 6.59. The molecule has 0 unspecified atom stereocenters. The molecule has 1 aromatic carbocycles. The number of thiophene rings is 1. The van der Waals surface area contributed by atoms with E-state index in [1.807, 2.05) is 41.8 Å². The summed E-state index contributed by atoms with van der Waals surface area (Å²) in [6, 6.07) is 13.0. The number of hydrogen-bond acceptors (Lipinski definition) is 4. The second-order valence-electron chi connectivity index (χ2n) is 5.17. The van der Waals surface area contributed by atoms with Crippen molar-refractivity contribution >= 4 is 28.8 Å². The Morgan fingerprint density at radius 1 is 1.35 bits per heavy atom. The minimum absolute atomic E-state index is 0.105. The molecule has 0 saturated heterocycles. The lowest BCUT2D eigenvalue weighted by Crippen LogP contribution is -2.30. The van der Waals surface area contributed by atoms with Crippen molar-refractivity contribution in [3.05, 3.63) is 74.8 Å². The van der Waals surface area contributed by atoms with E-state index in [-0.39, 0.29) is 18.4 Å². The predicted octanol–water partition coefficient (Wildman–Crippen LogP) is 4.15. The molecular formula is C17H15ClN2O2S. The predicted molar refractivity (Wildman–Crippen MR) is 90.7 cm³/mol. The van der Waals surface area contributed by atoms with Crippen LogP contribution in [-0.2, 0) is 11.2 Å². The molecule has 0 aliphatic heterocycles. The maximum absolute atomic E-state index is 12.4. The molecule has 0 aliphatic carbocycles. The van der Waals surface area contributed by atoms with Crippen molar-refractivity contribution in [3.8, 4) is 0 Å². The fourth-order valence-electron chi connectivity index (χ4n) is 2.31. The fraction of sp³-hybridized carbons (Fsp3) is 0.176. The monoisotopic (exact) mass is 346 g/mol. The Balaban J connectivity index is 1.78. The first-order valence-corrected chi connectivity index (χ1v) is 8.38. The number of carbonyl (C=O) groups is 1. The van der Waals surface area contributed by atoms with Crippen LogP contribution in [0.3, 0.4) is 0 Å². The summed E-state index contributed by atoms with van der Waals surface area (Å²) in [5.41, 5.74) is 1.61. The first kappa shape index (κ1) is 15.8. The van der Waals surface area contributed by atoms with Gasteiger partial charge in [-0.25, -0.2) is 0 Å². The summed E-state index contributed by atoms with van der Waals surface area (Å²) in [6.07, 6.45) is 0.187. The van der Waals surface area contributed by atoms with Gasteiger partial charge in [0, 0.05) is 16.0 Å². The van der Waals surface area contributed by atoms with Gasteiger partial charge in [0.15, 0.2) is 0 Å². The highest BCUT2D eigenvalue weighted by molar-refractivity contribution is 7.10. The molecule has 1 amide bonds. The first-order chi connectivity index (χ1) is 11.1. The lowest BCUT2D eigenvalue weighted by atomic mass is 10.1. The largest absolute Gasteiger partial charge is 0.361 e. The number of nitrogens with one attached hydrogen (secondary N) is 1. The van der Waals surface area contributed by atoms with Crippen LogP contribution in [-0.4, -0.2) is 11.1 Å². The van der Waals surface area contributed by atoms with Crippen molar-refractivity contribution in [2.75, 3.05) is 0 Å². The van der Waals surface area contributed by atoms with Gasteiger partial charge in [-0.1, -0.05) is 35.0 Å². The molecule has 4 nitrogen and oxygen atoms in total. The van der Waals surface area contributed by atoms with Gasteiger partial charge in [0.25, 0.3) is 0 Å². The molecule has 6 heteroatoms. The van der Waals surface area contributed by atoms with Crippen LogP contribution in [0.25, 0.3) is 0 Å². The molecule has 23 heavy (non-hydrogen) atoms. The van der Waals surface area contributed by atoms with Gasteiger partial charge in [0.05, 0.1) is 18.2 Å². The van der Waals surface area contributed by atoms with Gasteiger partial charge in [0.2, 0.25) is 5.91 Å². The van der Waals surface area contributed by atoms with Gasteiger partial charge in [-0.2, -0.15) is 0 Å². The summed E-state index contributed by atoms with van der Waals surface area (Å²) >= 11 is 7.55. The number of aromatic nitrogens is 1. The molecule has 3 rings (SSSR count). The van der Waals surface area contributed by atoms with Crippen LogP contribution in [0.1, 0.15) is 27.9 Å². The second kappa shape index (κ2) is 6.98. The Kier molecular flexibility index (Phi) is 4.79. The van der Waals surface area contributed by atoms with Gasteiger partial charge in [-0.3, -0.25) is 4.79 Å². The van der Waals surface area contributed by atoms with Crippen molar-refractivity contribution in [1.82, 2.24) is 10.5 Å². The van der Waals surface area contributed by atoms with Crippen LogP contribution in [0.5, 0.6) is 0 Å². The van der Waals surface area contributed by atoms with E-state index in [1.54, 1.807) is 24.3 Å². The number of carbonyl (C=O) groups excluding carboxylic acids is 1. The summed E-state index contributed by atoms with van der Waals surface area (Å²) in [7, 11) is 0. The molecule has 0 radical (unpaired) electrons. The van der Waals surface area contributed by atoms with Crippen molar-refractivity contribution < 1.29 is 9.32 Å². The highest BCUT2D eigenvalue weighted by atomic mass is 35.5. The lowest BCUT2D eigenvalue weighted by molar-refractivity contribution is -0.121. The zero-order valence-corrected chi connectivity index (χ0v) is 14.0. The van der Waals surface area contributed by atoms with Gasteiger partial charge in [-0.05, 0) is 36.1 Å². The number of hydrogen-bond donors (Lipinski definition) is 1. The SMILES string of the molecule is Cc1cc(CC(=O)N[C@H](c2ccc(Cl)cc2)c2cccs2)no1. The highest BCUT2D eigenvalue weighted by Gasteiger charge is 2.18. The molecule has 2 aromatic heterocycles. The summed E-state index contributed by atoms with van der Waals surface area (Å²) in [5, 5.41) is 9.58. The maximum atomic E-state index is 12.4. The molecule has 0 aliphatic rings. The molecule has 1 atom stereocenters. The third kappa shape index (κ3) is 4.00. The number of nitrogens with zero attached hydrogens (tertiary/aromatic N) is 1.